The lowest BCUT2D eigenvalue weighted by Crippen LogP contribution is -2.19. The molecule has 0 heterocycles. The predicted octanol–water partition coefficient (Wildman–Crippen LogP) is 6.07. The molecule has 0 aliphatic rings. The van der Waals surface area contributed by atoms with Gasteiger partial charge in [-0.05, 0) is 87.1 Å². The lowest BCUT2D eigenvalue weighted by molar-refractivity contribution is 0.331. The summed E-state index contributed by atoms with van der Waals surface area (Å²) in [6.07, 6.45) is 0. The molecular weight excluding hydrogens is 510 g/mol. The zero-order valence-electron chi connectivity index (χ0n) is 17.9. The van der Waals surface area contributed by atoms with E-state index in [0.29, 0.717) is 27.6 Å². The van der Waals surface area contributed by atoms with Crippen LogP contribution in [-0.2, 0) is 10.0 Å². The fourth-order valence-electron chi connectivity index (χ4n) is 3.04. The van der Waals surface area contributed by atoms with Gasteiger partial charge in [0.2, 0.25) is 0 Å². The second-order valence-electron chi connectivity index (χ2n) is 7.10. The first-order chi connectivity index (χ1) is 15.2. The molecule has 0 aliphatic heterocycles. The second-order valence-corrected chi connectivity index (χ2v) is 10.1. The van der Waals surface area contributed by atoms with E-state index in [4.69, 9.17) is 17.0 Å². The van der Waals surface area contributed by atoms with E-state index in [1.807, 2.05) is 26.0 Å². The molecule has 3 N–H and O–H groups in total. The minimum Gasteiger partial charge on any atom is -0.492 e. The minimum atomic E-state index is -3.84. The number of benzene rings is 3. The largest absolute Gasteiger partial charge is 0.492 e. The van der Waals surface area contributed by atoms with Crippen LogP contribution in [0.3, 0.4) is 0 Å². The molecule has 0 aromatic heterocycles. The fourth-order valence-corrected chi connectivity index (χ4v) is 5.01. The molecule has 0 aliphatic carbocycles. The van der Waals surface area contributed by atoms with Gasteiger partial charge in [-0.25, -0.2) is 8.42 Å². The highest BCUT2D eigenvalue weighted by molar-refractivity contribution is 9.10. The Morgan fingerprint density at radius 1 is 0.969 bits per heavy atom. The summed E-state index contributed by atoms with van der Waals surface area (Å²) in [7, 11) is -3.84. The van der Waals surface area contributed by atoms with Crippen LogP contribution in [0.1, 0.15) is 18.1 Å². The summed E-state index contributed by atoms with van der Waals surface area (Å²) in [5, 5.41) is 6.72. The summed E-state index contributed by atoms with van der Waals surface area (Å²) in [5.41, 5.74) is 4.36. The van der Waals surface area contributed by atoms with Crippen molar-refractivity contribution in [2.75, 3.05) is 22.0 Å². The van der Waals surface area contributed by atoms with Crippen LogP contribution in [0.15, 0.2) is 70.0 Å². The van der Waals surface area contributed by atoms with E-state index >= 15 is 0 Å². The molecule has 0 amide bonds. The SMILES string of the molecule is CCOc1ccc(Br)cc1S(=O)(=O)Nc1ccc(NC(=S)Nc2ccc(C)cc2C)cc1. The van der Waals surface area contributed by atoms with Gasteiger partial charge in [-0.1, -0.05) is 33.6 Å². The number of halogens is 1. The molecule has 3 rings (SSSR count). The summed E-state index contributed by atoms with van der Waals surface area (Å²) in [4.78, 5) is 0.0646. The normalized spacial score (nSPS) is 11.0. The zero-order valence-corrected chi connectivity index (χ0v) is 21.1. The van der Waals surface area contributed by atoms with E-state index in [-0.39, 0.29) is 4.90 Å². The lowest BCUT2D eigenvalue weighted by atomic mass is 10.1. The number of aryl methyl sites for hydroxylation is 2. The number of hydrogen-bond donors (Lipinski definition) is 3. The van der Waals surface area contributed by atoms with Gasteiger partial charge in [0, 0.05) is 21.5 Å². The van der Waals surface area contributed by atoms with Crippen LogP contribution in [0.4, 0.5) is 17.1 Å². The Bertz CT molecular complexity index is 1230. The van der Waals surface area contributed by atoms with E-state index in [0.717, 1.165) is 16.9 Å². The average molecular weight is 535 g/mol. The van der Waals surface area contributed by atoms with Gasteiger partial charge in [-0.2, -0.15) is 0 Å². The van der Waals surface area contributed by atoms with Gasteiger partial charge in [0.15, 0.2) is 5.11 Å². The molecule has 0 unspecified atom stereocenters. The number of ether oxygens (including phenoxy) is 1. The molecule has 3 aromatic carbocycles. The fraction of sp³-hybridized carbons (Fsp3) is 0.174. The molecule has 6 nitrogen and oxygen atoms in total. The first-order valence-corrected chi connectivity index (χ1v) is 12.6. The molecule has 0 fully saturated rings. The van der Waals surface area contributed by atoms with Crippen LogP contribution in [0, 0.1) is 13.8 Å². The summed E-state index contributed by atoms with van der Waals surface area (Å²) in [6.45, 7) is 6.22. The third kappa shape index (κ3) is 6.21. The quantitative estimate of drug-likeness (QED) is 0.319. The third-order valence-electron chi connectivity index (χ3n) is 4.52. The Labute approximate surface area is 202 Å². The van der Waals surface area contributed by atoms with E-state index in [2.05, 4.69) is 37.4 Å². The van der Waals surface area contributed by atoms with E-state index in [1.54, 1.807) is 43.3 Å². The highest BCUT2D eigenvalue weighted by Gasteiger charge is 2.20. The van der Waals surface area contributed by atoms with Crippen LogP contribution < -0.4 is 20.1 Å². The molecule has 0 atom stereocenters. The Kier molecular flexibility index (Phi) is 7.76. The molecule has 0 saturated heterocycles. The minimum absolute atomic E-state index is 0.0646. The van der Waals surface area contributed by atoms with Gasteiger partial charge in [-0.15, -0.1) is 0 Å². The van der Waals surface area contributed by atoms with Gasteiger partial charge < -0.3 is 15.4 Å². The lowest BCUT2D eigenvalue weighted by Gasteiger charge is -2.15. The summed E-state index contributed by atoms with van der Waals surface area (Å²) in [5.74, 6) is 0.296. The molecule has 0 spiro atoms. The van der Waals surface area contributed by atoms with Crippen molar-refractivity contribution in [2.24, 2.45) is 0 Å². The van der Waals surface area contributed by atoms with Crippen molar-refractivity contribution in [3.05, 3.63) is 76.3 Å². The first-order valence-electron chi connectivity index (χ1n) is 9.88. The van der Waals surface area contributed by atoms with Gasteiger partial charge in [0.1, 0.15) is 10.6 Å². The molecule has 168 valence electrons. The third-order valence-corrected chi connectivity index (χ3v) is 6.62. The Morgan fingerprint density at radius 3 is 2.31 bits per heavy atom. The van der Waals surface area contributed by atoms with E-state index < -0.39 is 10.0 Å². The Balaban J connectivity index is 1.69. The van der Waals surface area contributed by atoms with E-state index in [9.17, 15) is 8.42 Å². The maximum absolute atomic E-state index is 12.9. The molecular formula is C23H24BrN3O3S2. The summed E-state index contributed by atoms with van der Waals surface area (Å²) >= 11 is 8.71. The number of thiocarbonyl (C=S) groups is 1. The van der Waals surface area contributed by atoms with Gasteiger partial charge >= 0.3 is 0 Å². The van der Waals surface area contributed by atoms with Crippen molar-refractivity contribution >= 4 is 60.3 Å². The highest BCUT2D eigenvalue weighted by Crippen LogP contribution is 2.29. The van der Waals surface area contributed by atoms with Gasteiger partial charge in [-0.3, -0.25) is 4.72 Å². The monoisotopic (exact) mass is 533 g/mol. The van der Waals surface area contributed by atoms with Crippen molar-refractivity contribution < 1.29 is 13.2 Å². The average Bonchev–Trinajstić information content (AvgIpc) is 2.73. The van der Waals surface area contributed by atoms with Crippen molar-refractivity contribution in [2.45, 2.75) is 25.7 Å². The number of anilines is 3. The number of hydrogen-bond acceptors (Lipinski definition) is 4. The van der Waals surface area contributed by atoms with Crippen molar-refractivity contribution in [1.82, 2.24) is 0 Å². The van der Waals surface area contributed by atoms with Crippen LogP contribution in [0.25, 0.3) is 0 Å². The number of rotatable bonds is 7. The molecule has 0 saturated carbocycles. The molecule has 0 radical (unpaired) electrons. The topological polar surface area (TPSA) is 79.5 Å². The second kappa shape index (κ2) is 10.3. The maximum atomic E-state index is 12.9. The zero-order chi connectivity index (χ0) is 23.3. The van der Waals surface area contributed by atoms with Gasteiger partial charge in [0.25, 0.3) is 10.0 Å². The van der Waals surface area contributed by atoms with Crippen molar-refractivity contribution in [3.63, 3.8) is 0 Å². The molecule has 32 heavy (non-hydrogen) atoms. The van der Waals surface area contributed by atoms with Crippen LogP contribution in [0.5, 0.6) is 5.75 Å². The maximum Gasteiger partial charge on any atom is 0.265 e. The van der Waals surface area contributed by atoms with Crippen LogP contribution in [0.2, 0.25) is 0 Å². The predicted molar refractivity (Wildman–Crippen MR) is 138 cm³/mol. The smallest absolute Gasteiger partial charge is 0.265 e. The Hall–Kier alpha value is -2.62. The van der Waals surface area contributed by atoms with Crippen molar-refractivity contribution in [1.29, 1.82) is 0 Å². The molecule has 3 aromatic rings. The van der Waals surface area contributed by atoms with Gasteiger partial charge in [0.05, 0.1) is 6.61 Å². The van der Waals surface area contributed by atoms with Crippen LogP contribution >= 0.6 is 28.1 Å². The van der Waals surface area contributed by atoms with E-state index in [1.165, 1.54) is 11.6 Å². The highest BCUT2D eigenvalue weighted by atomic mass is 79.9. The van der Waals surface area contributed by atoms with Crippen LogP contribution in [-0.4, -0.2) is 20.1 Å². The summed E-state index contributed by atoms with van der Waals surface area (Å²) in [6, 6.07) is 17.8. The standard InChI is InChI=1S/C23H24BrN3O3S2/c1-4-30-21-12-6-17(24)14-22(21)32(28,29)27-19-9-7-18(8-10-19)25-23(31)26-20-11-5-15(2)13-16(20)3/h5-14,27H,4H2,1-3H3,(H2,25,26,31). The molecule has 9 heteroatoms. The first kappa shape index (κ1) is 24.0. The molecule has 0 bridgehead atoms. The summed E-state index contributed by atoms with van der Waals surface area (Å²) < 4.78 is 34.5. The van der Waals surface area contributed by atoms with Crippen molar-refractivity contribution in [3.8, 4) is 5.75 Å². The Morgan fingerprint density at radius 2 is 1.66 bits per heavy atom. The number of nitrogens with one attached hydrogen (secondary N) is 3. The number of sulfonamides is 1.